The highest BCUT2D eigenvalue weighted by atomic mass is 79.9. The number of hydrogen-bond donors (Lipinski definition) is 0. The van der Waals surface area contributed by atoms with Gasteiger partial charge in [0, 0.05) is 28.8 Å². The SMILES string of the molecule is CC(=O)c1cc(Br)ccc1N1CCCS(=O)(=O)CC1. The van der Waals surface area contributed by atoms with E-state index in [0.29, 0.717) is 25.1 Å². The molecule has 1 aromatic carbocycles. The molecule has 104 valence electrons. The Labute approximate surface area is 121 Å². The molecule has 0 N–H and O–H groups in total. The summed E-state index contributed by atoms with van der Waals surface area (Å²) in [5.74, 6) is 0.374. The van der Waals surface area contributed by atoms with Crippen LogP contribution in [0, 0.1) is 0 Å². The average Bonchev–Trinajstić information content (AvgIpc) is 2.50. The molecule has 1 heterocycles. The first-order valence-corrected chi connectivity index (χ1v) is 8.76. The highest BCUT2D eigenvalue weighted by molar-refractivity contribution is 9.10. The number of carbonyl (C=O) groups excluding carboxylic acids is 1. The summed E-state index contributed by atoms with van der Waals surface area (Å²) in [5, 5.41) is 0. The number of benzene rings is 1. The van der Waals surface area contributed by atoms with Crippen molar-refractivity contribution in [2.45, 2.75) is 13.3 Å². The molecule has 4 nitrogen and oxygen atoms in total. The van der Waals surface area contributed by atoms with Crippen molar-refractivity contribution in [3.63, 3.8) is 0 Å². The Morgan fingerprint density at radius 2 is 2.00 bits per heavy atom. The van der Waals surface area contributed by atoms with Gasteiger partial charge in [0.1, 0.15) is 0 Å². The smallest absolute Gasteiger partial charge is 0.161 e. The number of nitrogens with zero attached hydrogens (tertiary/aromatic N) is 1. The van der Waals surface area contributed by atoms with Gasteiger partial charge < -0.3 is 4.90 Å². The van der Waals surface area contributed by atoms with E-state index in [9.17, 15) is 13.2 Å². The van der Waals surface area contributed by atoms with Crippen molar-refractivity contribution in [2.24, 2.45) is 0 Å². The molecule has 0 bridgehead atoms. The highest BCUT2D eigenvalue weighted by Gasteiger charge is 2.21. The van der Waals surface area contributed by atoms with Crippen LogP contribution in [0.1, 0.15) is 23.7 Å². The number of anilines is 1. The normalized spacial score (nSPS) is 18.9. The first-order chi connectivity index (χ1) is 8.89. The van der Waals surface area contributed by atoms with Crippen molar-refractivity contribution < 1.29 is 13.2 Å². The van der Waals surface area contributed by atoms with Gasteiger partial charge in [-0.05, 0) is 31.5 Å². The quantitative estimate of drug-likeness (QED) is 0.771. The molecule has 0 atom stereocenters. The Balaban J connectivity index is 2.34. The summed E-state index contributed by atoms with van der Waals surface area (Å²) < 4.78 is 24.1. The van der Waals surface area contributed by atoms with E-state index in [1.807, 2.05) is 17.0 Å². The van der Waals surface area contributed by atoms with Crippen molar-refractivity contribution in [1.29, 1.82) is 0 Å². The van der Waals surface area contributed by atoms with E-state index < -0.39 is 9.84 Å². The van der Waals surface area contributed by atoms with Crippen molar-refractivity contribution >= 4 is 37.2 Å². The third kappa shape index (κ3) is 3.57. The molecule has 0 amide bonds. The van der Waals surface area contributed by atoms with Gasteiger partial charge in [-0.15, -0.1) is 0 Å². The summed E-state index contributed by atoms with van der Waals surface area (Å²) in [4.78, 5) is 13.7. The number of sulfone groups is 1. The van der Waals surface area contributed by atoms with Crippen LogP contribution in [0.15, 0.2) is 22.7 Å². The molecule has 0 unspecified atom stereocenters. The highest BCUT2D eigenvalue weighted by Crippen LogP contribution is 2.26. The van der Waals surface area contributed by atoms with Gasteiger partial charge in [0.05, 0.1) is 11.5 Å². The fraction of sp³-hybridized carbons (Fsp3) is 0.462. The molecule has 1 fully saturated rings. The molecule has 0 spiro atoms. The first kappa shape index (κ1) is 14.5. The second kappa shape index (κ2) is 5.63. The summed E-state index contributed by atoms with van der Waals surface area (Å²) in [6.45, 7) is 2.64. The number of ketones is 1. The summed E-state index contributed by atoms with van der Waals surface area (Å²) >= 11 is 3.36. The molecule has 2 rings (SSSR count). The molecule has 0 aromatic heterocycles. The van der Waals surface area contributed by atoms with E-state index in [1.165, 1.54) is 6.92 Å². The molecular formula is C13H16BrNO3S. The Morgan fingerprint density at radius 3 is 2.68 bits per heavy atom. The maximum atomic E-state index is 11.7. The van der Waals surface area contributed by atoms with Crippen molar-refractivity contribution in [1.82, 2.24) is 0 Å². The fourth-order valence-electron chi connectivity index (χ4n) is 2.25. The summed E-state index contributed by atoms with van der Waals surface area (Å²) in [7, 11) is -2.94. The molecule has 19 heavy (non-hydrogen) atoms. The van der Waals surface area contributed by atoms with Crippen LogP contribution in [-0.4, -0.2) is 38.8 Å². The zero-order chi connectivity index (χ0) is 14.0. The van der Waals surface area contributed by atoms with Gasteiger partial charge in [-0.2, -0.15) is 0 Å². The lowest BCUT2D eigenvalue weighted by Crippen LogP contribution is -2.28. The van der Waals surface area contributed by atoms with Crippen LogP contribution in [0.25, 0.3) is 0 Å². The monoisotopic (exact) mass is 345 g/mol. The van der Waals surface area contributed by atoms with Crippen LogP contribution in [0.5, 0.6) is 0 Å². The molecule has 1 saturated heterocycles. The number of Topliss-reactive ketones (excluding diaryl/α,β-unsaturated/α-hetero) is 1. The molecule has 1 aromatic rings. The number of hydrogen-bond acceptors (Lipinski definition) is 4. The van der Waals surface area contributed by atoms with Gasteiger partial charge in [-0.1, -0.05) is 15.9 Å². The van der Waals surface area contributed by atoms with Crippen LogP contribution in [-0.2, 0) is 9.84 Å². The Kier molecular flexibility index (Phi) is 4.30. The molecule has 1 aliphatic rings. The van der Waals surface area contributed by atoms with Gasteiger partial charge in [0.15, 0.2) is 15.6 Å². The molecule has 0 radical (unpaired) electrons. The lowest BCUT2D eigenvalue weighted by molar-refractivity contribution is 0.101. The second-order valence-electron chi connectivity index (χ2n) is 4.71. The van der Waals surface area contributed by atoms with Gasteiger partial charge in [-0.3, -0.25) is 4.79 Å². The lowest BCUT2D eigenvalue weighted by atomic mass is 10.1. The number of halogens is 1. The second-order valence-corrected chi connectivity index (χ2v) is 7.93. The fourth-order valence-corrected chi connectivity index (χ4v) is 3.88. The van der Waals surface area contributed by atoms with Crippen LogP contribution in [0.3, 0.4) is 0 Å². The molecule has 1 aliphatic heterocycles. The minimum atomic E-state index is -2.94. The van der Waals surface area contributed by atoms with Crippen LogP contribution in [0.4, 0.5) is 5.69 Å². The van der Waals surface area contributed by atoms with Gasteiger partial charge >= 0.3 is 0 Å². The third-order valence-corrected chi connectivity index (χ3v) is 5.44. The van der Waals surface area contributed by atoms with Crippen molar-refractivity contribution in [3.8, 4) is 0 Å². The minimum Gasteiger partial charge on any atom is -0.370 e. The third-order valence-electron chi connectivity index (χ3n) is 3.23. The minimum absolute atomic E-state index is 0.0107. The zero-order valence-corrected chi connectivity index (χ0v) is 13.1. The lowest BCUT2D eigenvalue weighted by Gasteiger charge is -2.24. The average molecular weight is 346 g/mol. The maximum Gasteiger partial charge on any atom is 0.161 e. The van der Waals surface area contributed by atoms with E-state index in [-0.39, 0.29) is 17.3 Å². The van der Waals surface area contributed by atoms with Crippen LogP contribution in [0.2, 0.25) is 0 Å². The largest absolute Gasteiger partial charge is 0.370 e. The molecule has 0 saturated carbocycles. The van der Waals surface area contributed by atoms with E-state index >= 15 is 0 Å². The Hall–Kier alpha value is -0.880. The maximum absolute atomic E-state index is 11.7. The predicted molar refractivity (Wildman–Crippen MR) is 79.6 cm³/mol. The summed E-state index contributed by atoms with van der Waals surface area (Å²) in [5.41, 5.74) is 1.46. The predicted octanol–water partition coefficient (Wildman–Crippen LogP) is 2.28. The molecule has 0 aliphatic carbocycles. The number of carbonyl (C=O) groups is 1. The van der Waals surface area contributed by atoms with Gasteiger partial charge in [-0.25, -0.2) is 8.42 Å². The summed E-state index contributed by atoms with van der Waals surface area (Å²) in [6.07, 6.45) is 0.607. The molecule has 6 heteroatoms. The van der Waals surface area contributed by atoms with Crippen LogP contribution >= 0.6 is 15.9 Å². The Bertz CT molecular complexity index is 598. The van der Waals surface area contributed by atoms with Gasteiger partial charge in [0.25, 0.3) is 0 Å². The van der Waals surface area contributed by atoms with E-state index in [2.05, 4.69) is 15.9 Å². The van der Waals surface area contributed by atoms with Crippen LogP contribution < -0.4 is 4.90 Å². The van der Waals surface area contributed by atoms with E-state index in [0.717, 1.165) is 10.2 Å². The molecular weight excluding hydrogens is 330 g/mol. The van der Waals surface area contributed by atoms with E-state index in [4.69, 9.17) is 0 Å². The number of rotatable bonds is 2. The standard InChI is InChI=1S/C13H16BrNO3S/c1-10(16)12-9-11(14)3-4-13(12)15-5-2-7-19(17,18)8-6-15/h3-4,9H,2,5-8H2,1H3. The van der Waals surface area contributed by atoms with Gasteiger partial charge in [0.2, 0.25) is 0 Å². The Morgan fingerprint density at radius 1 is 1.26 bits per heavy atom. The first-order valence-electron chi connectivity index (χ1n) is 6.15. The van der Waals surface area contributed by atoms with E-state index in [1.54, 1.807) is 6.07 Å². The zero-order valence-electron chi connectivity index (χ0n) is 10.7. The summed E-state index contributed by atoms with van der Waals surface area (Å²) in [6, 6.07) is 5.54. The van der Waals surface area contributed by atoms with Crippen molar-refractivity contribution in [2.75, 3.05) is 29.5 Å². The van der Waals surface area contributed by atoms with Crippen molar-refractivity contribution in [3.05, 3.63) is 28.2 Å². The topological polar surface area (TPSA) is 54.5 Å².